The van der Waals surface area contributed by atoms with E-state index >= 15 is 0 Å². The predicted molar refractivity (Wildman–Crippen MR) is 154 cm³/mol. The summed E-state index contributed by atoms with van der Waals surface area (Å²) in [6, 6.07) is 28.7. The van der Waals surface area contributed by atoms with Crippen molar-refractivity contribution in [2.45, 2.75) is 17.1 Å². The average molecular weight is 541 g/mol. The Kier molecular flexibility index (Phi) is 9.01. The lowest BCUT2D eigenvalue weighted by Crippen LogP contribution is -2.19. The summed E-state index contributed by atoms with van der Waals surface area (Å²) in [5.41, 5.74) is 2.93. The Morgan fingerprint density at radius 2 is 1.26 bits per heavy atom. The van der Waals surface area contributed by atoms with Crippen LogP contribution < -0.4 is 20.1 Å². The lowest BCUT2D eigenvalue weighted by molar-refractivity contribution is -0.115. The van der Waals surface area contributed by atoms with Crippen LogP contribution in [0.4, 0.5) is 11.4 Å². The fourth-order valence-electron chi connectivity index (χ4n) is 3.92. The van der Waals surface area contributed by atoms with Crippen molar-refractivity contribution in [3.05, 3.63) is 114 Å². The summed E-state index contributed by atoms with van der Waals surface area (Å²) < 4.78 is 10.7. The van der Waals surface area contributed by atoms with Gasteiger partial charge >= 0.3 is 0 Å². The van der Waals surface area contributed by atoms with E-state index in [1.807, 2.05) is 42.5 Å². The van der Waals surface area contributed by atoms with E-state index in [9.17, 15) is 14.4 Å². The molecule has 0 saturated heterocycles. The SMILES string of the molecule is COc1cccc(OC)c1C(=O)Nc1ccc(SC(C(=O)Nc2ccc(C(C)=O)cc2)c2ccccc2)cc1. The number of ketones is 1. The van der Waals surface area contributed by atoms with E-state index in [2.05, 4.69) is 10.6 Å². The van der Waals surface area contributed by atoms with Crippen molar-refractivity contribution < 1.29 is 23.9 Å². The second kappa shape index (κ2) is 12.8. The van der Waals surface area contributed by atoms with E-state index < -0.39 is 5.25 Å². The fourth-order valence-corrected chi connectivity index (χ4v) is 4.94. The molecule has 7 nitrogen and oxygen atoms in total. The van der Waals surface area contributed by atoms with Gasteiger partial charge < -0.3 is 20.1 Å². The van der Waals surface area contributed by atoms with Gasteiger partial charge in [0.05, 0.1) is 14.2 Å². The number of amides is 2. The van der Waals surface area contributed by atoms with Gasteiger partial charge in [0.15, 0.2) is 5.78 Å². The molecule has 1 atom stereocenters. The molecule has 198 valence electrons. The number of benzene rings is 4. The fraction of sp³-hybridized carbons (Fsp3) is 0.129. The Morgan fingerprint density at radius 1 is 0.692 bits per heavy atom. The highest BCUT2D eigenvalue weighted by molar-refractivity contribution is 8.00. The third kappa shape index (κ3) is 6.86. The number of Topliss-reactive ketones (excluding diaryl/α,β-unsaturated/α-hetero) is 1. The Balaban J connectivity index is 1.50. The third-order valence-electron chi connectivity index (χ3n) is 5.92. The molecule has 0 fully saturated rings. The van der Waals surface area contributed by atoms with Gasteiger partial charge in [-0.05, 0) is 73.2 Å². The zero-order valence-electron chi connectivity index (χ0n) is 21.8. The van der Waals surface area contributed by atoms with Crippen molar-refractivity contribution >= 4 is 40.7 Å². The number of thioether (sulfide) groups is 1. The number of methoxy groups -OCH3 is 2. The molecule has 0 bridgehead atoms. The van der Waals surface area contributed by atoms with Crippen molar-refractivity contribution in [2.24, 2.45) is 0 Å². The van der Waals surface area contributed by atoms with Crippen molar-refractivity contribution in [3.8, 4) is 11.5 Å². The lowest BCUT2D eigenvalue weighted by Gasteiger charge is -2.18. The van der Waals surface area contributed by atoms with E-state index in [1.165, 1.54) is 32.9 Å². The number of nitrogens with one attached hydrogen (secondary N) is 2. The van der Waals surface area contributed by atoms with E-state index in [-0.39, 0.29) is 17.6 Å². The Labute approximate surface area is 231 Å². The van der Waals surface area contributed by atoms with Crippen molar-refractivity contribution in [1.29, 1.82) is 0 Å². The van der Waals surface area contributed by atoms with Gasteiger partial charge in [-0.25, -0.2) is 0 Å². The molecule has 1 unspecified atom stereocenters. The van der Waals surface area contributed by atoms with E-state index in [0.717, 1.165) is 10.5 Å². The topological polar surface area (TPSA) is 93.7 Å². The van der Waals surface area contributed by atoms with Crippen molar-refractivity contribution in [3.63, 3.8) is 0 Å². The highest BCUT2D eigenvalue weighted by atomic mass is 32.2. The van der Waals surface area contributed by atoms with Gasteiger partial charge in [0.2, 0.25) is 5.91 Å². The quantitative estimate of drug-likeness (QED) is 0.173. The summed E-state index contributed by atoms with van der Waals surface area (Å²) in [6.45, 7) is 1.50. The van der Waals surface area contributed by atoms with Crippen LogP contribution in [-0.2, 0) is 4.79 Å². The second-order valence-electron chi connectivity index (χ2n) is 8.55. The number of rotatable bonds is 10. The summed E-state index contributed by atoms with van der Waals surface area (Å²) in [6.07, 6.45) is 0. The van der Waals surface area contributed by atoms with E-state index in [0.29, 0.717) is 34.0 Å². The van der Waals surface area contributed by atoms with Gasteiger partial charge in [0.1, 0.15) is 22.3 Å². The molecule has 0 aliphatic carbocycles. The van der Waals surface area contributed by atoms with Gasteiger partial charge in [-0.1, -0.05) is 36.4 Å². The number of hydrogen-bond donors (Lipinski definition) is 2. The van der Waals surface area contributed by atoms with Crippen LogP contribution in [0.2, 0.25) is 0 Å². The van der Waals surface area contributed by atoms with Gasteiger partial charge in [-0.2, -0.15) is 0 Å². The molecule has 0 aromatic heterocycles. The van der Waals surface area contributed by atoms with Gasteiger partial charge in [-0.15, -0.1) is 11.8 Å². The maximum absolute atomic E-state index is 13.3. The van der Waals surface area contributed by atoms with Gasteiger partial charge in [-0.3, -0.25) is 14.4 Å². The monoisotopic (exact) mass is 540 g/mol. The minimum absolute atomic E-state index is 0.0349. The Hall–Kier alpha value is -4.56. The number of ether oxygens (including phenoxy) is 2. The molecule has 0 spiro atoms. The molecule has 4 aromatic carbocycles. The van der Waals surface area contributed by atoms with E-state index in [1.54, 1.807) is 54.6 Å². The molecule has 2 N–H and O–H groups in total. The Bertz CT molecular complexity index is 1430. The molecule has 2 amide bonds. The van der Waals surface area contributed by atoms with Crippen molar-refractivity contribution in [1.82, 2.24) is 0 Å². The lowest BCUT2D eigenvalue weighted by atomic mass is 10.1. The van der Waals surface area contributed by atoms with Crippen LogP contribution in [0.3, 0.4) is 0 Å². The molecule has 0 saturated carbocycles. The minimum atomic E-state index is -0.531. The summed E-state index contributed by atoms with van der Waals surface area (Å²) in [7, 11) is 3.00. The smallest absolute Gasteiger partial charge is 0.263 e. The minimum Gasteiger partial charge on any atom is -0.496 e. The number of anilines is 2. The number of carbonyl (C=O) groups excluding carboxylic acids is 3. The normalized spacial score (nSPS) is 11.3. The predicted octanol–water partition coefficient (Wildman–Crippen LogP) is 6.63. The average Bonchev–Trinajstić information content (AvgIpc) is 2.96. The summed E-state index contributed by atoms with van der Waals surface area (Å²) in [5, 5.41) is 5.30. The molecular weight excluding hydrogens is 512 g/mol. The summed E-state index contributed by atoms with van der Waals surface area (Å²) in [5.74, 6) is 0.232. The molecule has 0 aliphatic rings. The highest BCUT2D eigenvalue weighted by Crippen LogP contribution is 2.37. The molecule has 39 heavy (non-hydrogen) atoms. The maximum atomic E-state index is 13.3. The van der Waals surface area contributed by atoms with Crippen LogP contribution in [0, 0.1) is 0 Å². The second-order valence-corrected chi connectivity index (χ2v) is 9.73. The molecule has 0 heterocycles. The van der Waals surface area contributed by atoms with Gasteiger partial charge in [0.25, 0.3) is 5.91 Å². The number of hydrogen-bond acceptors (Lipinski definition) is 6. The highest BCUT2D eigenvalue weighted by Gasteiger charge is 2.23. The Morgan fingerprint density at radius 3 is 1.82 bits per heavy atom. The standard InChI is InChI=1S/C31H28N2O5S/c1-20(34)21-12-14-23(15-13-21)33-31(36)29(22-8-5-4-6-9-22)39-25-18-16-24(17-19-25)32-30(35)28-26(37-2)10-7-11-27(28)38-3/h4-19,29H,1-3H3,(H,32,35)(H,33,36). The van der Waals surface area contributed by atoms with Crippen LogP contribution in [0.5, 0.6) is 11.5 Å². The summed E-state index contributed by atoms with van der Waals surface area (Å²) in [4.78, 5) is 38.8. The van der Waals surface area contributed by atoms with Crippen LogP contribution in [-0.4, -0.2) is 31.8 Å². The first-order valence-corrected chi connectivity index (χ1v) is 13.0. The molecule has 8 heteroatoms. The third-order valence-corrected chi connectivity index (χ3v) is 7.19. The maximum Gasteiger partial charge on any atom is 0.263 e. The van der Waals surface area contributed by atoms with Crippen LogP contribution in [0.1, 0.15) is 38.5 Å². The summed E-state index contributed by atoms with van der Waals surface area (Å²) >= 11 is 1.39. The number of carbonyl (C=O) groups is 3. The molecular formula is C31H28N2O5S. The molecule has 4 aromatic rings. The first-order chi connectivity index (χ1) is 18.9. The van der Waals surface area contributed by atoms with Crippen LogP contribution in [0.25, 0.3) is 0 Å². The molecule has 4 rings (SSSR count). The van der Waals surface area contributed by atoms with Crippen molar-refractivity contribution in [2.75, 3.05) is 24.9 Å². The zero-order chi connectivity index (χ0) is 27.8. The largest absolute Gasteiger partial charge is 0.496 e. The van der Waals surface area contributed by atoms with Crippen LogP contribution >= 0.6 is 11.8 Å². The molecule has 0 radical (unpaired) electrons. The van der Waals surface area contributed by atoms with Crippen LogP contribution in [0.15, 0.2) is 102 Å². The molecule has 0 aliphatic heterocycles. The first kappa shape index (κ1) is 27.5. The van der Waals surface area contributed by atoms with Gasteiger partial charge in [0, 0.05) is 21.8 Å². The zero-order valence-corrected chi connectivity index (χ0v) is 22.6. The van der Waals surface area contributed by atoms with E-state index in [4.69, 9.17) is 9.47 Å². The first-order valence-electron chi connectivity index (χ1n) is 12.2.